The summed E-state index contributed by atoms with van der Waals surface area (Å²) < 4.78 is 0. The Balaban J connectivity index is 2.70. The van der Waals surface area contributed by atoms with Gasteiger partial charge in [-0.15, -0.1) is 0 Å². The molecular formula is C12H15ClN2OS. The molecule has 1 amide bonds. The molecule has 17 heavy (non-hydrogen) atoms. The maximum absolute atomic E-state index is 11.9. The monoisotopic (exact) mass is 270 g/mol. The number of carbonyl (C=O) groups excluding carboxylic acids is 1. The Bertz CT molecular complexity index is 448. The van der Waals surface area contributed by atoms with E-state index in [9.17, 15) is 4.79 Å². The molecule has 1 aromatic rings. The van der Waals surface area contributed by atoms with Crippen LogP contribution in [0.15, 0.2) is 18.2 Å². The number of hydrogen-bond acceptors (Lipinski definition) is 2. The Morgan fingerprint density at radius 3 is 2.82 bits per heavy atom. The molecule has 92 valence electrons. The summed E-state index contributed by atoms with van der Waals surface area (Å²) in [4.78, 5) is 12.3. The molecule has 0 aromatic heterocycles. The minimum Gasteiger partial charge on any atom is -0.393 e. The van der Waals surface area contributed by atoms with Gasteiger partial charge in [-0.2, -0.15) is 0 Å². The first-order chi connectivity index (χ1) is 7.91. The van der Waals surface area contributed by atoms with Gasteiger partial charge in [-0.3, -0.25) is 4.79 Å². The van der Waals surface area contributed by atoms with Crippen molar-refractivity contribution in [3.63, 3.8) is 0 Å². The van der Waals surface area contributed by atoms with Crippen LogP contribution in [0.3, 0.4) is 0 Å². The van der Waals surface area contributed by atoms with Crippen molar-refractivity contribution in [2.75, 3.05) is 6.54 Å². The van der Waals surface area contributed by atoms with Gasteiger partial charge in [0.1, 0.15) is 0 Å². The highest BCUT2D eigenvalue weighted by Crippen LogP contribution is 2.15. The van der Waals surface area contributed by atoms with E-state index in [-0.39, 0.29) is 11.8 Å². The normalized spacial score (nSPS) is 11.9. The zero-order valence-corrected chi connectivity index (χ0v) is 11.4. The first-order valence-corrected chi connectivity index (χ1v) is 6.04. The first-order valence-electron chi connectivity index (χ1n) is 5.25. The van der Waals surface area contributed by atoms with Crippen LogP contribution < -0.4 is 11.1 Å². The summed E-state index contributed by atoms with van der Waals surface area (Å²) in [6, 6.07) is 5.22. The van der Waals surface area contributed by atoms with Crippen LogP contribution in [0.5, 0.6) is 0 Å². The molecule has 0 aliphatic rings. The van der Waals surface area contributed by atoms with Gasteiger partial charge < -0.3 is 11.1 Å². The van der Waals surface area contributed by atoms with Crippen molar-refractivity contribution in [1.82, 2.24) is 5.32 Å². The Hall–Kier alpha value is -1.13. The van der Waals surface area contributed by atoms with E-state index in [2.05, 4.69) is 5.32 Å². The van der Waals surface area contributed by atoms with Crippen molar-refractivity contribution in [2.45, 2.75) is 13.8 Å². The van der Waals surface area contributed by atoms with E-state index in [1.54, 1.807) is 12.1 Å². The topological polar surface area (TPSA) is 55.1 Å². The lowest BCUT2D eigenvalue weighted by Gasteiger charge is -2.12. The molecule has 0 heterocycles. The largest absolute Gasteiger partial charge is 0.393 e. The number of carbonyl (C=O) groups is 1. The lowest BCUT2D eigenvalue weighted by Crippen LogP contribution is -2.33. The lowest BCUT2D eigenvalue weighted by molar-refractivity contribution is 0.0950. The van der Waals surface area contributed by atoms with Crippen LogP contribution in [0.2, 0.25) is 5.02 Å². The summed E-state index contributed by atoms with van der Waals surface area (Å²) in [7, 11) is 0. The molecule has 0 spiro atoms. The standard InChI is InChI=1S/C12H15ClN2OS/c1-7-3-4-9(13)5-10(7)12(16)15-6-8(2)11(14)17/h3-5,8H,6H2,1-2H3,(H2,14,17)(H,15,16). The predicted octanol–water partition coefficient (Wildman–Crippen LogP) is 2.30. The maximum atomic E-state index is 11.9. The highest BCUT2D eigenvalue weighted by Gasteiger charge is 2.11. The van der Waals surface area contributed by atoms with Gasteiger partial charge >= 0.3 is 0 Å². The van der Waals surface area contributed by atoms with Gasteiger partial charge in [-0.05, 0) is 24.6 Å². The minimum absolute atomic E-state index is 0.0200. The number of aryl methyl sites for hydroxylation is 1. The van der Waals surface area contributed by atoms with Crippen LogP contribution in [0.25, 0.3) is 0 Å². The third-order valence-corrected chi connectivity index (χ3v) is 3.14. The summed E-state index contributed by atoms with van der Waals surface area (Å²) >= 11 is 10.7. The highest BCUT2D eigenvalue weighted by molar-refractivity contribution is 7.80. The van der Waals surface area contributed by atoms with Crippen LogP contribution in [0.1, 0.15) is 22.8 Å². The van der Waals surface area contributed by atoms with Crippen LogP contribution >= 0.6 is 23.8 Å². The number of amides is 1. The summed E-state index contributed by atoms with van der Waals surface area (Å²) in [6.07, 6.45) is 0. The van der Waals surface area contributed by atoms with Gasteiger partial charge in [0.15, 0.2) is 0 Å². The van der Waals surface area contributed by atoms with E-state index >= 15 is 0 Å². The quantitative estimate of drug-likeness (QED) is 0.826. The van der Waals surface area contributed by atoms with E-state index in [4.69, 9.17) is 29.6 Å². The number of hydrogen-bond donors (Lipinski definition) is 2. The molecule has 3 nitrogen and oxygen atoms in total. The van der Waals surface area contributed by atoms with E-state index < -0.39 is 0 Å². The van der Waals surface area contributed by atoms with E-state index in [1.807, 2.05) is 19.9 Å². The third kappa shape index (κ3) is 3.98. The van der Waals surface area contributed by atoms with Gasteiger partial charge in [-0.1, -0.05) is 36.8 Å². The van der Waals surface area contributed by atoms with Gasteiger partial charge in [0.05, 0.1) is 4.99 Å². The lowest BCUT2D eigenvalue weighted by atomic mass is 10.1. The van der Waals surface area contributed by atoms with Crippen LogP contribution in [0, 0.1) is 12.8 Å². The Kier molecular flexibility index (Phi) is 4.90. The molecule has 0 fully saturated rings. The number of halogens is 1. The summed E-state index contributed by atoms with van der Waals surface area (Å²) in [6.45, 7) is 4.16. The Morgan fingerprint density at radius 1 is 1.59 bits per heavy atom. The van der Waals surface area contributed by atoms with Crippen molar-refractivity contribution in [3.05, 3.63) is 34.3 Å². The summed E-state index contributed by atoms with van der Waals surface area (Å²) in [5.41, 5.74) is 6.93. The van der Waals surface area contributed by atoms with E-state index in [0.29, 0.717) is 22.1 Å². The molecule has 5 heteroatoms. The second-order valence-corrected chi connectivity index (χ2v) is 4.88. The van der Waals surface area contributed by atoms with Crippen molar-refractivity contribution < 1.29 is 4.79 Å². The predicted molar refractivity (Wildman–Crippen MR) is 74.5 cm³/mol. The molecule has 0 radical (unpaired) electrons. The maximum Gasteiger partial charge on any atom is 0.251 e. The second kappa shape index (κ2) is 5.98. The zero-order chi connectivity index (χ0) is 13.0. The fourth-order valence-corrected chi connectivity index (χ4v) is 1.54. The number of benzene rings is 1. The first kappa shape index (κ1) is 13.9. The Labute approximate surface area is 111 Å². The number of thiocarbonyl (C=S) groups is 1. The van der Waals surface area contributed by atoms with Gasteiger partial charge in [-0.25, -0.2) is 0 Å². The number of nitrogens with two attached hydrogens (primary N) is 1. The molecule has 3 N–H and O–H groups in total. The molecule has 0 saturated carbocycles. The molecule has 0 bridgehead atoms. The van der Waals surface area contributed by atoms with Gasteiger partial charge in [0, 0.05) is 23.0 Å². The van der Waals surface area contributed by atoms with Gasteiger partial charge in [0.2, 0.25) is 0 Å². The molecule has 1 rings (SSSR count). The summed E-state index contributed by atoms with van der Waals surface area (Å²) in [5.74, 6) is -0.179. The van der Waals surface area contributed by atoms with Gasteiger partial charge in [0.25, 0.3) is 5.91 Å². The molecule has 0 saturated heterocycles. The van der Waals surface area contributed by atoms with E-state index in [1.165, 1.54) is 0 Å². The SMILES string of the molecule is Cc1ccc(Cl)cc1C(=O)NCC(C)C(N)=S. The average Bonchev–Trinajstić information content (AvgIpc) is 2.28. The zero-order valence-electron chi connectivity index (χ0n) is 9.79. The smallest absolute Gasteiger partial charge is 0.251 e. The fourth-order valence-electron chi connectivity index (χ4n) is 1.28. The molecule has 0 aliphatic heterocycles. The average molecular weight is 271 g/mol. The van der Waals surface area contributed by atoms with Crippen LogP contribution in [0.4, 0.5) is 0 Å². The molecule has 1 unspecified atom stereocenters. The molecule has 1 aromatic carbocycles. The van der Waals surface area contributed by atoms with Crippen molar-refractivity contribution >= 4 is 34.7 Å². The van der Waals surface area contributed by atoms with Crippen LogP contribution in [-0.4, -0.2) is 17.4 Å². The highest BCUT2D eigenvalue weighted by atomic mass is 35.5. The fraction of sp³-hybridized carbons (Fsp3) is 0.333. The van der Waals surface area contributed by atoms with E-state index in [0.717, 1.165) is 5.56 Å². The summed E-state index contributed by atoms with van der Waals surface area (Å²) in [5, 5.41) is 3.33. The third-order valence-electron chi connectivity index (χ3n) is 2.50. The minimum atomic E-state index is -0.159. The number of nitrogens with one attached hydrogen (secondary N) is 1. The van der Waals surface area contributed by atoms with Crippen molar-refractivity contribution in [3.8, 4) is 0 Å². The number of rotatable bonds is 4. The van der Waals surface area contributed by atoms with Crippen molar-refractivity contribution in [1.29, 1.82) is 0 Å². The van der Waals surface area contributed by atoms with Crippen LogP contribution in [-0.2, 0) is 0 Å². The van der Waals surface area contributed by atoms with Crippen molar-refractivity contribution in [2.24, 2.45) is 11.7 Å². The second-order valence-electron chi connectivity index (χ2n) is 3.97. The molecular weight excluding hydrogens is 256 g/mol. The molecule has 0 aliphatic carbocycles. The Morgan fingerprint density at radius 2 is 2.24 bits per heavy atom. The molecule has 1 atom stereocenters.